The zero-order valence-electron chi connectivity index (χ0n) is 18.9. The van der Waals surface area contributed by atoms with Gasteiger partial charge in [-0.05, 0) is 39.0 Å². The number of azo groups is 1. The Balaban J connectivity index is 2.71. The summed E-state index contributed by atoms with van der Waals surface area (Å²) in [7, 11) is -4.96. The van der Waals surface area contributed by atoms with Crippen LogP contribution in [0.3, 0.4) is 0 Å². The first-order valence-corrected chi connectivity index (χ1v) is 11.6. The highest BCUT2D eigenvalue weighted by atomic mass is 31.2. The number of benzene rings is 1. The summed E-state index contributed by atoms with van der Waals surface area (Å²) < 4.78 is 27.0. The molecule has 0 aliphatic rings. The van der Waals surface area contributed by atoms with Crippen LogP contribution in [-0.2, 0) is 25.2 Å². The highest BCUT2D eigenvalue weighted by Gasteiger charge is 2.28. The number of rotatable bonds is 12. The Morgan fingerprint density at radius 1 is 1.03 bits per heavy atom. The molecule has 5 N–H and O–H groups in total. The van der Waals surface area contributed by atoms with Crippen LogP contribution in [-0.4, -0.2) is 55.2 Å². The molecule has 0 aliphatic heterocycles. The van der Waals surface area contributed by atoms with Gasteiger partial charge < -0.3 is 34.6 Å². The van der Waals surface area contributed by atoms with E-state index in [2.05, 4.69) is 19.7 Å². The van der Waals surface area contributed by atoms with Gasteiger partial charge in [-0.15, -0.1) is 10.2 Å². The molecule has 14 nitrogen and oxygen atoms in total. The summed E-state index contributed by atoms with van der Waals surface area (Å²) in [6, 6.07) is 3.09. The summed E-state index contributed by atoms with van der Waals surface area (Å²) in [4.78, 5) is 45.1. The highest BCUT2D eigenvalue weighted by molar-refractivity contribution is 7.46. The van der Waals surface area contributed by atoms with Gasteiger partial charge in [-0.25, -0.2) is 19.1 Å². The smallest absolute Gasteiger partial charge is 0.469 e. The van der Waals surface area contributed by atoms with Gasteiger partial charge in [0.05, 0.1) is 34.7 Å². The molecule has 0 atom stereocenters. The molecule has 15 heteroatoms. The van der Waals surface area contributed by atoms with E-state index < -0.39 is 32.7 Å². The SMILES string of the molecule is CCOC(OCC)c1c(O)c(C)nc(N=Nc2cc(C(=O)O)cc(C(=O)O)c2)c1COP(=O)(O)O. The van der Waals surface area contributed by atoms with Crippen molar-refractivity contribution in [2.75, 3.05) is 13.2 Å². The molecule has 190 valence electrons. The topological polar surface area (TPSA) is 218 Å². The quantitative estimate of drug-likeness (QED) is 0.156. The minimum Gasteiger partial charge on any atom is -0.506 e. The third kappa shape index (κ3) is 7.62. The van der Waals surface area contributed by atoms with E-state index in [9.17, 15) is 39.3 Å². The van der Waals surface area contributed by atoms with Crippen LogP contribution < -0.4 is 0 Å². The average molecular weight is 513 g/mol. The van der Waals surface area contributed by atoms with Gasteiger partial charge in [-0.3, -0.25) is 4.52 Å². The Kier molecular flexibility index (Phi) is 9.54. The lowest BCUT2D eigenvalue weighted by atomic mass is 10.1. The van der Waals surface area contributed by atoms with Crippen molar-refractivity contribution in [2.45, 2.75) is 33.7 Å². The van der Waals surface area contributed by atoms with Crippen molar-refractivity contribution in [1.29, 1.82) is 0 Å². The summed E-state index contributed by atoms with van der Waals surface area (Å²) in [5.74, 6) is -3.43. The molecule has 0 bridgehead atoms. The van der Waals surface area contributed by atoms with Crippen LogP contribution in [0.4, 0.5) is 11.5 Å². The Morgan fingerprint density at radius 2 is 1.57 bits per heavy atom. The summed E-state index contributed by atoms with van der Waals surface area (Å²) in [5, 5.41) is 36.9. The maximum atomic E-state index is 11.3. The second kappa shape index (κ2) is 11.9. The number of aromatic carboxylic acids is 2. The molecule has 0 spiro atoms. The number of ether oxygens (including phenoxy) is 2. The molecule has 1 aromatic heterocycles. The van der Waals surface area contributed by atoms with Crippen molar-refractivity contribution < 1.29 is 53.3 Å². The van der Waals surface area contributed by atoms with Crippen LogP contribution in [0.15, 0.2) is 28.4 Å². The van der Waals surface area contributed by atoms with E-state index in [1.807, 2.05) is 0 Å². The number of aromatic hydroxyl groups is 1. The maximum Gasteiger partial charge on any atom is 0.469 e. The highest BCUT2D eigenvalue weighted by Crippen LogP contribution is 2.43. The van der Waals surface area contributed by atoms with Crippen LogP contribution in [0.2, 0.25) is 0 Å². The van der Waals surface area contributed by atoms with Gasteiger partial charge in [0.1, 0.15) is 5.75 Å². The number of nitrogens with zero attached hydrogens (tertiary/aromatic N) is 3. The second-order valence-electron chi connectivity index (χ2n) is 6.85. The van der Waals surface area contributed by atoms with Crippen molar-refractivity contribution >= 4 is 31.3 Å². The lowest BCUT2D eigenvalue weighted by molar-refractivity contribution is -0.141. The van der Waals surface area contributed by atoms with E-state index in [1.54, 1.807) is 13.8 Å². The van der Waals surface area contributed by atoms with Gasteiger partial charge in [0, 0.05) is 18.8 Å². The first kappa shape index (κ1) is 28.0. The fourth-order valence-corrected chi connectivity index (χ4v) is 3.20. The van der Waals surface area contributed by atoms with E-state index in [4.69, 9.17) is 9.47 Å². The van der Waals surface area contributed by atoms with Gasteiger partial charge in [-0.2, -0.15) is 0 Å². The van der Waals surface area contributed by atoms with Crippen molar-refractivity contribution in [3.63, 3.8) is 0 Å². The minimum absolute atomic E-state index is 0.0452. The number of aryl methyl sites for hydroxylation is 1. The number of phosphoric acid groups is 1. The first-order valence-electron chi connectivity index (χ1n) is 10.1. The summed E-state index contributed by atoms with van der Waals surface area (Å²) in [6.07, 6.45) is -1.18. The first-order chi connectivity index (χ1) is 16.4. The summed E-state index contributed by atoms with van der Waals surface area (Å²) in [6.45, 7) is 4.29. The normalized spacial score (nSPS) is 11.9. The zero-order valence-corrected chi connectivity index (χ0v) is 19.8. The molecule has 2 aromatic rings. The average Bonchev–Trinajstić information content (AvgIpc) is 2.77. The van der Waals surface area contributed by atoms with E-state index in [0.29, 0.717) is 0 Å². The fourth-order valence-electron chi connectivity index (χ4n) is 2.90. The standard InChI is InChI=1S/C20H24N3O11P/c1-4-32-20(33-5-2)15-14(9-34-35(29,30)31)17(21-10(3)16(15)24)23-22-13-7-11(18(25)26)6-12(8-13)19(27)28/h6-8,20,24H,4-5,9H2,1-3H3,(H,25,26)(H,27,28)(H2,29,30,31). The molecule has 0 saturated carbocycles. The predicted molar refractivity (Wildman–Crippen MR) is 118 cm³/mol. The third-order valence-electron chi connectivity index (χ3n) is 4.39. The predicted octanol–water partition coefficient (Wildman–Crippen LogP) is 3.59. The summed E-state index contributed by atoms with van der Waals surface area (Å²) >= 11 is 0. The maximum absolute atomic E-state index is 11.3. The van der Waals surface area contributed by atoms with E-state index in [1.165, 1.54) is 6.92 Å². The number of pyridine rings is 1. The van der Waals surface area contributed by atoms with Crippen molar-refractivity contribution in [2.24, 2.45) is 10.2 Å². The number of carboxylic acids is 2. The van der Waals surface area contributed by atoms with E-state index in [-0.39, 0.29) is 58.4 Å². The number of hydrogen-bond acceptors (Lipinski definition) is 10. The van der Waals surface area contributed by atoms with Gasteiger partial charge >= 0.3 is 19.8 Å². The third-order valence-corrected chi connectivity index (χ3v) is 4.85. The molecule has 0 fully saturated rings. The Morgan fingerprint density at radius 3 is 2.03 bits per heavy atom. The molecule has 1 heterocycles. The number of carbonyl (C=O) groups is 2. The van der Waals surface area contributed by atoms with Crippen molar-refractivity contribution in [3.8, 4) is 5.75 Å². The van der Waals surface area contributed by atoms with Crippen molar-refractivity contribution in [3.05, 3.63) is 46.1 Å². The van der Waals surface area contributed by atoms with E-state index >= 15 is 0 Å². The molecule has 0 aliphatic carbocycles. The van der Waals surface area contributed by atoms with Gasteiger partial charge in [-0.1, -0.05) is 0 Å². The molecule has 2 rings (SSSR count). The monoisotopic (exact) mass is 513 g/mol. The van der Waals surface area contributed by atoms with Gasteiger partial charge in [0.2, 0.25) is 0 Å². The molecular weight excluding hydrogens is 489 g/mol. The molecule has 35 heavy (non-hydrogen) atoms. The largest absolute Gasteiger partial charge is 0.506 e. The Labute approximate surface area is 199 Å². The van der Waals surface area contributed by atoms with E-state index in [0.717, 1.165) is 18.2 Å². The zero-order chi connectivity index (χ0) is 26.3. The Hall–Kier alpha value is -3.26. The molecule has 1 aromatic carbocycles. The molecule has 0 amide bonds. The van der Waals surface area contributed by atoms with Crippen LogP contribution in [0, 0.1) is 6.92 Å². The number of carboxylic acid groups (broad SMARTS) is 2. The van der Waals surface area contributed by atoms with Gasteiger partial charge in [0.25, 0.3) is 0 Å². The number of phosphoric ester groups is 1. The molecular formula is C20H24N3O11P. The Bertz CT molecular complexity index is 1140. The lowest BCUT2D eigenvalue weighted by Gasteiger charge is -2.23. The summed E-state index contributed by atoms with van der Waals surface area (Å²) in [5.41, 5.74) is -0.985. The molecule has 0 unspecified atom stereocenters. The fraction of sp³-hybridized carbons (Fsp3) is 0.350. The van der Waals surface area contributed by atoms with Crippen LogP contribution in [0.25, 0.3) is 0 Å². The number of hydrogen-bond donors (Lipinski definition) is 5. The van der Waals surface area contributed by atoms with Crippen molar-refractivity contribution in [1.82, 2.24) is 4.98 Å². The second-order valence-corrected chi connectivity index (χ2v) is 8.09. The van der Waals surface area contributed by atoms with Crippen LogP contribution in [0.1, 0.15) is 57.7 Å². The van der Waals surface area contributed by atoms with Gasteiger partial charge in [0.15, 0.2) is 12.1 Å². The number of aromatic nitrogens is 1. The minimum atomic E-state index is -4.96. The lowest BCUT2D eigenvalue weighted by Crippen LogP contribution is -2.13. The van der Waals surface area contributed by atoms with Crippen LogP contribution >= 0.6 is 7.82 Å². The molecule has 0 saturated heterocycles. The molecule has 0 radical (unpaired) electrons. The van der Waals surface area contributed by atoms with Crippen LogP contribution in [0.5, 0.6) is 5.75 Å².